The van der Waals surface area contributed by atoms with Crippen LogP contribution in [0.1, 0.15) is 45.1 Å². The van der Waals surface area contributed by atoms with Crippen LogP contribution in [0.15, 0.2) is 30.3 Å². The molecule has 198 valence electrons. The maximum atomic E-state index is 13.8. The highest BCUT2D eigenvalue weighted by atomic mass is 32.2. The van der Waals surface area contributed by atoms with Crippen LogP contribution in [0.3, 0.4) is 0 Å². The Morgan fingerprint density at radius 3 is 2.56 bits per heavy atom. The molecule has 3 fully saturated rings. The van der Waals surface area contributed by atoms with Crippen LogP contribution in [0.2, 0.25) is 0 Å². The first-order valence-electron chi connectivity index (χ1n) is 12.9. The molecule has 0 unspecified atom stereocenters. The molecule has 0 aliphatic carbocycles. The number of piperazine rings is 1. The zero-order valence-corrected chi connectivity index (χ0v) is 22.2. The van der Waals surface area contributed by atoms with E-state index in [1.807, 2.05) is 55.3 Å². The minimum absolute atomic E-state index is 0.0247. The first kappa shape index (κ1) is 26.8. The molecule has 4 rings (SSSR count). The second-order valence-electron chi connectivity index (χ2n) is 10.1. The third-order valence-electron chi connectivity index (χ3n) is 7.04. The first-order valence-corrected chi connectivity index (χ1v) is 14.3. The summed E-state index contributed by atoms with van der Waals surface area (Å²) in [6.07, 6.45) is 2.47. The van der Waals surface area contributed by atoms with E-state index in [-0.39, 0.29) is 36.9 Å². The van der Waals surface area contributed by atoms with Crippen LogP contribution in [0, 0.1) is 5.92 Å². The van der Waals surface area contributed by atoms with Gasteiger partial charge in [-0.2, -0.15) is 16.8 Å². The maximum Gasteiger partial charge on any atom is 0.436 e. The third kappa shape index (κ3) is 5.98. The maximum absolute atomic E-state index is 13.8. The molecule has 0 spiro atoms. The predicted molar refractivity (Wildman–Crippen MR) is 138 cm³/mol. The van der Waals surface area contributed by atoms with Gasteiger partial charge in [-0.15, -0.1) is 0 Å². The molecule has 0 aromatic heterocycles. The number of hydroxylamine groups is 2. The molecule has 0 saturated carbocycles. The normalized spacial score (nSPS) is 25.3. The summed E-state index contributed by atoms with van der Waals surface area (Å²) in [5.74, 6) is 0.670. The number of piperidine rings is 1. The summed E-state index contributed by atoms with van der Waals surface area (Å²) in [6.45, 7) is 6.01. The number of carbonyl (C=O) groups excluding carboxylic acids is 3. The monoisotopic (exact) mass is 518 g/mol. The molecule has 36 heavy (non-hydrogen) atoms. The average Bonchev–Trinajstić information content (AvgIpc) is 2.89. The lowest BCUT2D eigenvalue weighted by molar-refractivity contribution is -0.270. The van der Waals surface area contributed by atoms with E-state index in [2.05, 4.69) is 5.32 Å². The molecule has 3 saturated heterocycles. The smallest absolute Gasteiger partial charge is 0.436 e. The molecule has 0 bridgehead atoms. The van der Waals surface area contributed by atoms with Gasteiger partial charge >= 0.3 is 6.09 Å². The number of amides is 3. The fraction of sp³-hybridized carbons (Fsp3) is 0.654. The molecule has 1 aromatic rings. The molecule has 10 heteroatoms. The highest BCUT2D eigenvalue weighted by Gasteiger charge is 2.54. The van der Waals surface area contributed by atoms with Crippen molar-refractivity contribution in [3.8, 4) is 0 Å². The summed E-state index contributed by atoms with van der Waals surface area (Å²) < 4.78 is 5.64. The Bertz CT molecular complexity index is 911. The largest absolute Gasteiger partial charge is 0.443 e. The summed E-state index contributed by atoms with van der Waals surface area (Å²) in [7, 11) is 0. The number of hydrogen-bond donors (Lipinski definition) is 1. The van der Waals surface area contributed by atoms with E-state index >= 15 is 0 Å². The van der Waals surface area contributed by atoms with Gasteiger partial charge in [-0.25, -0.2) is 4.79 Å². The summed E-state index contributed by atoms with van der Waals surface area (Å²) >= 11 is 1.64. The van der Waals surface area contributed by atoms with E-state index in [9.17, 15) is 14.4 Å². The van der Waals surface area contributed by atoms with Gasteiger partial charge in [0.1, 0.15) is 12.6 Å². The molecule has 9 nitrogen and oxygen atoms in total. The van der Waals surface area contributed by atoms with Crippen molar-refractivity contribution in [2.24, 2.45) is 5.92 Å². The third-order valence-corrected chi connectivity index (χ3v) is 7.69. The Hall–Kier alpha value is -2.30. The van der Waals surface area contributed by atoms with E-state index in [1.54, 1.807) is 16.7 Å². The summed E-state index contributed by atoms with van der Waals surface area (Å²) in [6, 6.07) is 8.91. The van der Waals surface area contributed by atoms with Gasteiger partial charge in [0, 0.05) is 6.04 Å². The number of nitrogens with one attached hydrogen (secondary N) is 1. The van der Waals surface area contributed by atoms with E-state index in [1.165, 1.54) is 5.06 Å². The lowest BCUT2D eigenvalue weighted by atomic mass is 9.96. The highest BCUT2D eigenvalue weighted by Crippen LogP contribution is 2.33. The second-order valence-corrected chi connectivity index (χ2v) is 11.1. The van der Waals surface area contributed by atoms with Crippen molar-refractivity contribution in [1.82, 2.24) is 20.2 Å². The number of carbonyl (C=O) groups is 3. The number of benzene rings is 1. The van der Waals surface area contributed by atoms with Crippen LogP contribution in [-0.2, 0) is 25.8 Å². The molecular weight excluding hydrogens is 480 g/mol. The van der Waals surface area contributed by atoms with E-state index in [0.717, 1.165) is 37.2 Å². The Morgan fingerprint density at radius 1 is 1.17 bits per heavy atom. The number of fused-ring (bicyclic) bond motifs is 1. The van der Waals surface area contributed by atoms with Crippen molar-refractivity contribution in [2.45, 2.75) is 70.5 Å². The number of hydrogen-bond acceptors (Lipinski definition) is 7. The Balaban J connectivity index is 1.63. The number of nitrogens with zero attached hydrogens (tertiary/aromatic N) is 3. The Labute approximate surface area is 217 Å². The summed E-state index contributed by atoms with van der Waals surface area (Å²) in [5.41, 5.74) is 0.863. The van der Waals surface area contributed by atoms with Crippen molar-refractivity contribution < 1.29 is 24.0 Å². The first-order chi connectivity index (χ1) is 17.4. The molecule has 3 atom stereocenters. The van der Waals surface area contributed by atoms with Crippen molar-refractivity contribution in [3.63, 3.8) is 0 Å². The highest BCUT2D eigenvalue weighted by molar-refractivity contribution is 7.98. The zero-order valence-electron chi connectivity index (χ0n) is 21.4. The van der Waals surface area contributed by atoms with Crippen molar-refractivity contribution in [1.29, 1.82) is 0 Å². The topological polar surface area (TPSA) is 91.4 Å². The second kappa shape index (κ2) is 12.3. The molecule has 1 aromatic carbocycles. The minimum Gasteiger partial charge on any atom is -0.443 e. The van der Waals surface area contributed by atoms with Gasteiger partial charge in [-0.3, -0.25) is 14.4 Å². The number of ether oxygens (including phenoxy) is 1. The average molecular weight is 519 g/mol. The number of rotatable bonds is 8. The minimum atomic E-state index is -0.833. The fourth-order valence-corrected chi connectivity index (χ4v) is 5.70. The van der Waals surface area contributed by atoms with Crippen molar-refractivity contribution in [2.75, 3.05) is 31.6 Å². The lowest BCUT2D eigenvalue weighted by Gasteiger charge is -2.54. The standard InChI is InChI=1S/C26H38N4O5S/c1-18(2)15-22-25(32)29-21(11-14-36-3)24(31)28(20-9-12-27-13-10-20)16-23(29)30(35-22)26(33)34-17-19-7-5-4-6-8-19/h4-8,18,20-23,27H,9-17H2,1-3H3/t21-,22+,23-/m0/s1. The number of thioether (sulfide) groups is 1. The van der Waals surface area contributed by atoms with Gasteiger partial charge in [0.25, 0.3) is 5.91 Å². The van der Waals surface area contributed by atoms with E-state index in [0.29, 0.717) is 12.8 Å². The van der Waals surface area contributed by atoms with Gasteiger partial charge in [0.05, 0.1) is 6.54 Å². The molecule has 0 radical (unpaired) electrons. The zero-order chi connectivity index (χ0) is 25.7. The molecule has 3 heterocycles. The van der Waals surface area contributed by atoms with Gasteiger partial charge in [0.2, 0.25) is 5.91 Å². The lowest BCUT2D eigenvalue weighted by Crippen LogP contribution is -2.74. The molecule has 3 aliphatic heterocycles. The fourth-order valence-electron chi connectivity index (χ4n) is 5.24. The van der Waals surface area contributed by atoms with Gasteiger partial charge in [-0.1, -0.05) is 44.2 Å². The molecule has 3 amide bonds. The van der Waals surface area contributed by atoms with Gasteiger partial charge in [0.15, 0.2) is 12.3 Å². The van der Waals surface area contributed by atoms with Crippen LogP contribution in [0.5, 0.6) is 0 Å². The Kier molecular flexibility index (Phi) is 9.14. The predicted octanol–water partition coefficient (Wildman–Crippen LogP) is 2.86. The Morgan fingerprint density at radius 2 is 1.89 bits per heavy atom. The van der Waals surface area contributed by atoms with Crippen LogP contribution >= 0.6 is 11.8 Å². The molecular formula is C26H38N4O5S. The van der Waals surface area contributed by atoms with Crippen molar-refractivity contribution >= 4 is 29.7 Å². The van der Waals surface area contributed by atoms with Crippen molar-refractivity contribution in [3.05, 3.63) is 35.9 Å². The van der Waals surface area contributed by atoms with Crippen LogP contribution in [0.25, 0.3) is 0 Å². The van der Waals surface area contributed by atoms with E-state index in [4.69, 9.17) is 9.57 Å². The summed E-state index contributed by atoms with van der Waals surface area (Å²) in [4.78, 5) is 50.4. The molecule has 3 aliphatic rings. The summed E-state index contributed by atoms with van der Waals surface area (Å²) in [5, 5.41) is 4.57. The van der Waals surface area contributed by atoms with Gasteiger partial charge < -0.3 is 19.9 Å². The van der Waals surface area contributed by atoms with Crippen LogP contribution in [0.4, 0.5) is 4.79 Å². The molecule has 1 N–H and O–H groups in total. The quantitative estimate of drug-likeness (QED) is 0.566. The van der Waals surface area contributed by atoms with Gasteiger partial charge in [-0.05, 0) is 62.3 Å². The van der Waals surface area contributed by atoms with E-state index < -0.39 is 24.4 Å². The van der Waals surface area contributed by atoms with Crippen LogP contribution < -0.4 is 5.32 Å². The SMILES string of the molecule is CSCC[C@H]1C(=O)N(C2CCNCC2)C[C@@H]2N(C(=O)OCc3ccccc3)O[C@H](CC(C)C)C(=O)N21. The van der Waals surface area contributed by atoms with Crippen LogP contribution in [-0.4, -0.2) is 88.8 Å².